The highest BCUT2D eigenvalue weighted by atomic mass is 16.2. The van der Waals surface area contributed by atoms with E-state index in [-0.39, 0.29) is 5.91 Å². The fourth-order valence-electron chi connectivity index (χ4n) is 4.75. The van der Waals surface area contributed by atoms with E-state index in [2.05, 4.69) is 45.2 Å². The second-order valence-electron chi connectivity index (χ2n) is 8.83. The number of benzene rings is 1. The first kappa shape index (κ1) is 20.0. The minimum absolute atomic E-state index is 0.267. The van der Waals surface area contributed by atoms with E-state index in [0.29, 0.717) is 18.4 Å². The minimum atomic E-state index is 0.267. The first-order valence-electron chi connectivity index (χ1n) is 10.9. The molecule has 2 fully saturated rings. The highest BCUT2D eigenvalue weighted by Crippen LogP contribution is 2.40. The molecule has 4 rings (SSSR count). The van der Waals surface area contributed by atoms with Crippen LogP contribution >= 0.6 is 0 Å². The Morgan fingerprint density at radius 3 is 2.55 bits per heavy atom. The van der Waals surface area contributed by atoms with Crippen molar-refractivity contribution in [1.82, 2.24) is 19.8 Å². The molecule has 2 aliphatic rings. The van der Waals surface area contributed by atoms with Crippen LogP contribution in [-0.4, -0.2) is 51.9 Å². The fourth-order valence-corrected chi connectivity index (χ4v) is 4.75. The van der Waals surface area contributed by atoms with Gasteiger partial charge in [0.1, 0.15) is 0 Å². The summed E-state index contributed by atoms with van der Waals surface area (Å²) in [6, 6.07) is 10.8. The molecule has 0 unspecified atom stereocenters. The van der Waals surface area contributed by atoms with Crippen molar-refractivity contribution < 1.29 is 4.79 Å². The standard InChI is InChI=1S/C24H32N4O/c1-20-16-26-22(17-25-20)18-28-19-24(10-9-23(28)29)11-14-27(15-12-24)13-5-8-21-6-3-2-4-7-21/h2-4,6-7,16-17H,5,8-15,18-19H2,1H3. The molecular weight excluding hydrogens is 360 g/mol. The Morgan fingerprint density at radius 2 is 1.83 bits per heavy atom. The van der Waals surface area contributed by atoms with Gasteiger partial charge in [-0.15, -0.1) is 0 Å². The van der Waals surface area contributed by atoms with E-state index < -0.39 is 0 Å². The van der Waals surface area contributed by atoms with Crippen molar-refractivity contribution in [2.45, 2.75) is 52.0 Å². The lowest BCUT2D eigenvalue weighted by molar-refractivity contribution is -0.140. The smallest absolute Gasteiger partial charge is 0.222 e. The molecule has 2 aromatic rings. The average molecular weight is 393 g/mol. The molecule has 0 N–H and O–H groups in total. The number of aryl methyl sites for hydroxylation is 2. The van der Waals surface area contributed by atoms with Crippen molar-refractivity contribution in [3.63, 3.8) is 0 Å². The van der Waals surface area contributed by atoms with E-state index >= 15 is 0 Å². The van der Waals surface area contributed by atoms with Crippen LogP contribution in [0.3, 0.4) is 0 Å². The van der Waals surface area contributed by atoms with E-state index in [1.165, 1.54) is 31.4 Å². The van der Waals surface area contributed by atoms with Crippen LogP contribution in [0.2, 0.25) is 0 Å². The second-order valence-corrected chi connectivity index (χ2v) is 8.83. The Morgan fingerprint density at radius 1 is 1.03 bits per heavy atom. The largest absolute Gasteiger partial charge is 0.336 e. The third kappa shape index (κ3) is 5.21. The van der Waals surface area contributed by atoms with Crippen LogP contribution in [0.4, 0.5) is 0 Å². The number of nitrogens with zero attached hydrogens (tertiary/aromatic N) is 4. The molecule has 0 aliphatic carbocycles. The normalized spacial score (nSPS) is 19.6. The molecule has 0 atom stereocenters. The van der Waals surface area contributed by atoms with E-state index in [1.54, 1.807) is 12.4 Å². The maximum Gasteiger partial charge on any atom is 0.222 e. The molecule has 154 valence electrons. The van der Waals surface area contributed by atoms with Gasteiger partial charge in [0.2, 0.25) is 5.91 Å². The molecule has 0 saturated carbocycles. The number of carbonyl (C=O) groups excluding carboxylic acids is 1. The van der Waals surface area contributed by atoms with Crippen LogP contribution in [0.1, 0.15) is 49.1 Å². The second kappa shape index (κ2) is 9.04. The van der Waals surface area contributed by atoms with Crippen molar-refractivity contribution in [2.24, 2.45) is 5.41 Å². The topological polar surface area (TPSA) is 49.3 Å². The van der Waals surface area contributed by atoms with Gasteiger partial charge < -0.3 is 9.80 Å². The zero-order valence-electron chi connectivity index (χ0n) is 17.5. The number of hydrogen-bond acceptors (Lipinski definition) is 4. The van der Waals surface area contributed by atoms with Crippen LogP contribution in [0.25, 0.3) is 0 Å². The van der Waals surface area contributed by atoms with Gasteiger partial charge in [0, 0.05) is 19.2 Å². The number of likely N-dealkylation sites (tertiary alicyclic amines) is 2. The summed E-state index contributed by atoms with van der Waals surface area (Å²) in [5.41, 5.74) is 3.53. The van der Waals surface area contributed by atoms with Gasteiger partial charge in [-0.3, -0.25) is 14.8 Å². The van der Waals surface area contributed by atoms with E-state index in [4.69, 9.17) is 0 Å². The molecule has 1 aromatic carbocycles. The van der Waals surface area contributed by atoms with Gasteiger partial charge in [-0.1, -0.05) is 30.3 Å². The molecule has 1 aromatic heterocycles. The van der Waals surface area contributed by atoms with Crippen molar-refractivity contribution in [1.29, 1.82) is 0 Å². The van der Waals surface area contributed by atoms with Gasteiger partial charge in [0.05, 0.1) is 24.1 Å². The van der Waals surface area contributed by atoms with Crippen LogP contribution in [0.5, 0.6) is 0 Å². The zero-order chi connectivity index (χ0) is 20.1. The average Bonchev–Trinajstić information content (AvgIpc) is 2.75. The van der Waals surface area contributed by atoms with Crippen LogP contribution in [0.15, 0.2) is 42.7 Å². The first-order valence-corrected chi connectivity index (χ1v) is 10.9. The molecular formula is C24H32N4O. The van der Waals surface area contributed by atoms with Gasteiger partial charge in [0.15, 0.2) is 0 Å². The number of rotatable bonds is 6. The Kier molecular flexibility index (Phi) is 6.24. The predicted octanol–water partition coefficient (Wildman–Crippen LogP) is 3.62. The van der Waals surface area contributed by atoms with Gasteiger partial charge in [-0.25, -0.2) is 0 Å². The molecule has 1 amide bonds. The van der Waals surface area contributed by atoms with Gasteiger partial charge >= 0.3 is 0 Å². The number of hydrogen-bond donors (Lipinski definition) is 0. The Bertz CT molecular complexity index is 797. The Hall–Kier alpha value is -2.27. The third-order valence-electron chi connectivity index (χ3n) is 6.63. The maximum absolute atomic E-state index is 12.5. The van der Waals surface area contributed by atoms with Crippen molar-refractivity contribution >= 4 is 5.91 Å². The maximum atomic E-state index is 12.5. The number of carbonyl (C=O) groups is 1. The first-order chi connectivity index (χ1) is 14.1. The number of amides is 1. The van der Waals surface area contributed by atoms with Crippen molar-refractivity contribution in [3.05, 3.63) is 59.7 Å². The van der Waals surface area contributed by atoms with Gasteiger partial charge in [-0.05, 0) is 69.6 Å². The molecule has 1 spiro atoms. The van der Waals surface area contributed by atoms with Crippen LogP contribution in [0, 0.1) is 12.3 Å². The summed E-state index contributed by atoms with van der Waals surface area (Å²) < 4.78 is 0. The van der Waals surface area contributed by atoms with Gasteiger partial charge in [-0.2, -0.15) is 0 Å². The number of piperidine rings is 2. The highest BCUT2D eigenvalue weighted by Gasteiger charge is 2.40. The molecule has 2 saturated heterocycles. The summed E-state index contributed by atoms with van der Waals surface area (Å²) in [6.45, 7) is 6.88. The summed E-state index contributed by atoms with van der Waals surface area (Å²) in [6.07, 6.45) is 10.1. The van der Waals surface area contributed by atoms with E-state index in [1.807, 2.05) is 11.8 Å². The predicted molar refractivity (Wildman–Crippen MR) is 114 cm³/mol. The molecule has 0 bridgehead atoms. The molecule has 5 nitrogen and oxygen atoms in total. The lowest BCUT2D eigenvalue weighted by atomic mass is 9.72. The van der Waals surface area contributed by atoms with E-state index in [0.717, 1.165) is 43.9 Å². The Labute approximate surface area is 174 Å². The summed E-state index contributed by atoms with van der Waals surface area (Å²) in [7, 11) is 0. The SMILES string of the molecule is Cc1cnc(CN2CC3(CCC2=O)CCN(CCCc2ccccc2)CC3)cn1. The molecule has 3 heterocycles. The highest BCUT2D eigenvalue weighted by molar-refractivity contribution is 5.77. The monoisotopic (exact) mass is 392 g/mol. The lowest BCUT2D eigenvalue weighted by Crippen LogP contribution is -2.51. The summed E-state index contributed by atoms with van der Waals surface area (Å²) >= 11 is 0. The molecule has 0 radical (unpaired) electrons. The number of aromatic nitrogens is 2. The molecule has 29 heavy (non-hydrogen) atoms. The molecule has 5 heteroatoms. The van der Waals surface area contributed by atoms with Crippen LogP contribution in [-0.2, 0) is 17.8 Å². The minimum Gasteiger partial charge on any atom is -0.336 e. The van der Waals surface area contributed by atoms with Crippen molar-refractivity contribution in [2.75, 3.05) is 26.2 Å². The van der Waals surface area contributed by atoms with E-state index in [9.17, 15) is 4.79 Å². The van der Waals surface area contributed by atoms with Gasteiger partial charge in [0.25, 0.3) is 0 Å². The lowest BCUT2D eigenvalue weighted by Gasteiger charge is -2.47. The zero-order valence-corrected chi connectivity index (χ0v) is 17.5. The van der Waals surface area contributed by atoms with Crippen molar-refractivity contribution in [3.8, 4) is 0 Å². The summed E-state index contributed by atoms with van der Waals surface area (Å²) in [5.74, 6) is 0.267. The Balaban J connectivity index is 1.27. The third-order valence-corrected chi connectivity index (χ3v) is 6.63. The summed E-state index contributed by atoms with van der Waals surface area (Å²) in [4.78, 5) is 25.9. The molecule has 2 aliphatic heterocycles. The summed E-state index contributed by atoms with van der Waals surface area (Å²) in [5, 5.41) is 0. The fraction of sp³-hybridized carbons (Fsp3) is 0.542. The van der Waals surface area contributed by atoms with Crippen LogP contribution < -0.4 is 0 Å². The quantitative estimate of drug-likeness (QED) is 0.753.